The Bertz CT molecular complexity index is 903. The fourth-order valence-electron chi connectivity index (χ4n) is 3.15. The molecule has 0 radical (unpaired) electrons. The van der Waals surface area contributed by atoms with Crippen molar-refractivity contribution in [2.45, 2.75) is 12.6 Å². The van der Waals surface area contributed by atoms with Gasteiger partial charge in [-0.15, -0.1) is 0 Å². The van der Waals surface area contributed by atoms with E-state index in [1.165, 1.54) is 0 Å². The van der Waals surface area contributed by atoms with E-state index in [0.29, 0.717) is 25.6 Å². The Balaban J connectivity index is 1.57. The third-order valence-electron chi connectivity index (χ3n) is 4.42. The van der Waals surface area contributed by atoms with Gasteiger partial charge < -0.3 is 15.5 Å². The van der Waals surface area contributed by atoms with E-state index in [1.54, 1.807) is 12.4 Å². The highest BCUT2D eigenvalue weighted by molar-refractivity contribution is 5.87. The molecule has 0 bridgehead atoms. The van der Waals surface area contributed by atoms with Crippen LogP contribution < -0.4 is 15.5 Å². The molecule has 0 aliphatic carbocycles. The normalized spacial score (nSPS) is 16.7. The fourth-order valence-corrected chi connectivity index (χ4v) is 3.15. The van der Waals surface area contributed by atoms with Gasteiger partial charge in [0.05, 0.1) is 12.2 Å². The minimum atomic E-state index is -0.404. The van der Waals surface area contributed by atoms with Crippen LogP contribution in [0.25, 0.3) is 0 Å². The molecule has 3 aromatic rings. The SMILES string of the molecule is O=C1NCCN(c2ccnc(NCc3ccccn3)n2)C1c1ccccc1. The number of aromatic nitrogens is 3. The molecule has 1 aliphatic heterocycles. The van der Waals surface area contributed by atoms with Gasteiger partial charge in [0.25, 0.3) is 0 Å². The Morgan fingerprint density at radius 3 is 2.70 bits per heavy atom. The summed E-state index contributed by atoms with van der Waals surface area (Å²) >= 11 is 0. The molecule has 7 heteroatoms. The summed E-state index contributed by atoms with van der Waals surface area (Å²) in [5.74, 6) is 1.21. The molecule has 27 heavy (non-hydrogen) atoms. The summed E-state index contributed by atoms with van der Waals surface area (Å²) in [5.41, 5.74) is 1.85. The first kappa shape index (κ1) is 17.0. The van der Waals surface area contributed by atoms with Crippen LogP contribution in [0.2, 0.25) is 0 Å². The summed E-state index contributed by atoms with van der Waals surface area (Å²) in [6.45, 7) is 1.80. The van der Waals surface area contributed by atoms with Crippen LogP contribution in [-0.4, -0.2) is 33.9 Å². The minimum absolute atomic E-state index is 0.0194. The number of anilines is 2. The van der Waals surface area contributed by atoms with Crippen LogP contribution in [0.5, 0.6) is 0 Å². The lowest BCUT2D eigenvalue weighted by molar-refractivity contribution is -0.123. The van der Waals surface area contributed by atoms with Gasteiger partial charge in [-0.25, -0.2) is 4.98 Å². The summed E-state index contributed by atoms with van der Waals surface area (Å²) in [4.78, 5) is 27.8. The van der Waals surface area contributed by atoms with Gasteiger partial charge in [0.15, 0.2) is 0 Å². The number of carbonyl (C=O) groups is 1. The summed E-state index contributed by atoms with van der Waals surface area (Å²) in [6, 6.07) is 16.9. The molecule has 1 aliphatic rings. The molecular weight excluding hydrogens is 340 g/mol. The summed E-state index contributed by atoms with van der Waals surface area (Å²) in [7, 11) is 0. The number of hydrogen-bond donors (Lipinski definition) is 2. The largest absolute Gasteiger partial charge is 0.352 e. The number of rotatable bonds is 5. The lowest BCUT2D eigenvalue weighted by atomic mass is 10.0. The second-order valence-corrected chi connectivity index (χ2v) is 6.21. The van der Waals surface area contributed by atoms with E-state index in [0.717, 1.165) is 17.1 Å². The third-order valence-corrected chi connectivity index (χ3v) is 4.42. The first-order valence-electron chi connectivity index (χ1n) is 8.87. The Morgan fingerprint density at radius 2 is 1.89 bits per heavy atom. The summed E-state index contributed by atoms with van der Waals surface area (Å²) in [5, 5.41) is 6.14. The highest BCUT2D eigenvalue weighted by Crippen LogP contribution is 2.28. The first-order chi connectivity index (χ1) is 13.3. The number of amides is 1. The van der Waals surface area contributed by atoms with Crippen LogP contribution in [0.1, 0.15) is 17.3 Å². The van der Waals surface area contributed by atoms with Crippen molar-refractivity contribution in [3.8, 4) is 0 Å². The number of carbonyl (C=O) groups excluding carboxylic acids is 1. The van der Waals surface area contributed by atoms with Gasteiger partial charge in [0, 0.05) is 25.5 Å². The van der Waals surface area contributed by atoms with Crippen molar-refractivity contribution in [1.82, 2.24) is 20.3 Å². The Morgan fingerprint density at radius 1 is 1.04 bits per heavy atom. The molecule has 1 fully saturated rings. The molecule has 2 N–H and O–H groups in total. The molecule has 1 amide bonds. The zero-order valence-electron chi connectivity index (χ0n) is 14.7. The fraction of sp³-hybridized carbons (Fsp3) is 0.200. The molecule has 136 valence electrons. The zero-order chi connectivity index (χ0) is 18.5. The second-order valence-electron chi connectivity index (χ2n) is 6.21. The summed E-state index contributed by atoms with van der Waals surface area (Å²) in [6.07, 6.45) is 3.46. The van der Waals surface area contributed by atoms with E-state index < -0.39 is 6.04 Å². The molecule has 7 nitrogen and oxygen atoms in total. The number of benzene rings is 1. The van der Waals surface area contributed by atoms with E-state index >= 15 is 0 Å². The number of nitrogens with zero attached hydrogens (tertiary/aromatic N) is 4. The Kier molecular flexibility index (Phi) is 4.91. The molecule has 1 saturated heterocycles. The van der Waals surface area contributed by atoms with Crippen LogP contribution in [0.4, 0.5) is 11.8 Å². The highest BCUT2D eigenvalue weighted by Gasteiger charge is 2.32. The van der Waals surface area contributed by atoms with E-state index in [9.17, 15) is 4.79 Å². The molecule has 1 aromatic carbocycles. The molecule has 0 spiro atoms. The average molecular weight is 360 g/mol. The minimum Gasteiger partial charge on any atom is -0.352 e. The van der Waals surface area contributed by atoms with Crippen LogP contribution in [0.3, 0.4) is 0 Å². The van der Waals surface area contributed by atoms with Crippen molar-refractivity contribution in [2.75, 3.05) is 23.3 Å². The summed E-state index contributed by atoms with van der Waals surface area (Å²) < 4.78 is 0. The van der Waals surface area contributed by atoms with Crippen molar-refractivity contribution < 1.29 is 4.79 Å². The van der Waals surface area contributed by atoms with Gasteiger partial charge >= 0.3 is 0 Å². The van der Waals surface area contributed by atoms with Crippen molar-refractivity contribution in [3.05, 3.63) is 78.2 Å². The van der Waals surface area contributed by atoms with Crippen LogP contribution >= 0.6 is 0 Å². The quantitative estimate of drug-likeness (QED) is 0.726. The van der Waals surface area contributed by atoms with E-state index in [2.05, 4.69) is 25.6 Å². The number of piperazine rings is 1. The van der Waals surface area contributed by atoms with Crippen molar-refractivity contribution in [3.63, 3.8) is 0 Å². The van der Waals surface area contributed by atoms with E-state index in [4.69, 9.17) is 0 Å². The lowest BCUT2D eigenvalue weighted by Gasteiger charge is -2.36. The van der Waals surface area contributed by atoms with Gasteiger partial charge in [-0.2, -0.15) is 4.98 Å². The number of hydrogen-bond acceptors (Lipinski definition) is 6. The predicted molar refractivity (Wildman–Crippen MR) is 103 cm³/mol. The molecule has 1 unspecified atom stereocenters. The van der Waals surface area contributed by atoms with Crippen molar-refractivity contribution in [1.29, 1.82) is 0 Å². The maximum atomic E-state index is 12.6. The lowest BCUT2D eigenvalue weighted by Crippen LogP contribution is -2.50. The highest BCUT2D eigenvalue weighted by atomic mass is 16.2. The smallest absolute Gasteiger partial charge is 0.247 e. The van der Waals surface area contributed by atoms with Gasteiger partial charge in [0.2, 0.25) is 11.9 Å². The first-order valence-corrected chi connectivity index (χ1v) is 8.87. The monoisotopic (exact) mass is 360 g/mol. The molecule has 3 heterocycles. The Labute approximate surface area is 157 Å². The number of nitrogens with one attached hydrogen (secondary N) is 2. The van der Waals surface area contributed by atoms with Crippen LogP contribution in [-0.2, 0) is 11.3 Å². The number of pyridine rings is 1. The molecule has 2 aromatic heterocycles. The maximum absolute atomic E-state index is 12.6. The molecule has 1 atom stereocenters. The Hall–Kier alpha value is -3.48. The van der Waals surface area contributed by atoms with Gasteiger partial charge in [0.1, 0.15) is 11.9 Å². The third kappa shape index (κ3) is 3.87. The van der Waals surface area contributed by atoms with Crippen molar-refractivity contribution in [2.24, 2.45) is 0 Å². The van der Waals surface area contributed by atoms with Crippen LogP contribution in [0, 0.1) is 0 Å². The topological polar surface area (TPSA) is 83.0 Å². The standard InChI is InChI=1S/C20H20N6O/c27-19-18(15-6-2-1-3-7-15)26(13-12-22-19)17-9-11-23-20(25-17)24-14-16-8-4-5-10-21-16/h1-11,18H,12-14H2,(H,22,27)(H,23,24,25). The average Bonchev–Trinajstić information content (AvgIpc) is 2.74. The van der Waals surface area contributed by atoms with Gasteiger partial charge in [-0.05, 0) is 23.8 Å². The van der Waals surface area contributed by atoms with Crippen molar-refractivity contribution >= 4 is 17.7 Å². The maximum Gasteiger partial charge on any atom is 0.247 e. The van der Waals surface area contributed by atoms with Gasteiger partial charge in [-0.3, -0.25) is 9.78 Å². The predicted octanol–water partition coefficient (Wildman–Crippen LogP) is 2.16. The van der Waals surface area contributed by atoms with E-state index in [-0.39, 0.29) is 5.91 Å². The van der Waals surface area contributed by atoms with Crippen LogP contribution in [0.15, 0.2) is 67.0 Å². The molecule has 4 rings (SSSR count). The molecule has 0 saturated carbocycles. The second kappa shape index (κ2) is 7.82. The van der Waals surface area contributed by atoms with Gasteiger partial charge in [-0.1, -0.05) is 36.4 Å². The van der Waals surface area contributed by atoms with E-state index in [1.807, 2.05) is 59.5 Å². The zero-order valence-corrected chi connectivity index (χ0v) is 14.7. The molecular formula is C20H20N6O.